The molecule has 5 heteroatoms. The topological polar surface area (TPSA) is 62.7 Å². The third-order valence-electron chi connectivity index (χ3n) is 8.12. The first kappa shape index (κ1) is 26.0. The number of benzene rings is 4. The molecule has 4 aromatic carbocycles. The SMILES string of the molecule is [2H]C([2H])([2H])c1c[c-]c(-c2ccc(C([2H])([2H])C(C)(C)C)cn2)cc1.[2H]c1cc(CC(C)(C)C)cc(C([2H])([2H])[2H])c1-c1cc(-c2[c-]ccc3c2oc2c(C#N)cccc23)ncc1C([2H])([2H])[2H].[Ir]. The molecular formula is C48H47IrN3O-2. The van der Waals surface area contributed by atoms with Gasteiger partial charge in [-0.2, -0.15) is 5.26 Å². The Morgan fingerprint density at radius 3 is 2.25 bits per heavy atom. The number of para-hydroxylation sites is 1. The molecule has 0 aliphatic heterocycles. The first-order valence-corrected chi connectivity index (χ1v) is 16.9. The quantitative estimate of drug-likeness (QED) is 0.162. The van der Waals surface area contributed by atoms with E-state index in [4.69, 9.17) is 20.9 Å². The number of pyridine rings is 2. The van der Waals surface area contributed by atoms with Crippen molar-refractivity contribution in [2.75, 3.05) is 0 Å². The Kier molecular flexibility index (Phi) is 7.85. The minimum atomic E-state index is -2.62. The molecule has 0 unspecified atom stereocenters. The summed E-state index contributed by atoms with van der Waals surface area (Å²) in [7, 11) is 0. The number of rotatable bonds is 5. The van der Waals surface area contributed by atoms with Gasteiger partial charge in [0.25, 0.3) is 0 Å². The van der Waals surface area contributed by atoms with Crippen molar-refractivity contribution in [2.24, 2.45) is 10.8 Å². The van der Waals surface area contributed by atoms with Gasteiger partial charge < -0.3 is 14.4 Å². The van der Waals surface area contributed by atoms with Gasteiger partial charge in [-0.1, -0.05) is 108 Å². The van der Waals surface area contributed by atoms with Gasteiger partial charge in [0.1, 0.15) is 11.7 Å². The van der Waals surface area contributed by atoms with E-state index in [-0.39, 0.29) is 59.4 Å². The number of aryl methyl sites for hydroxylation is 3. The predicted octanol–water partition coefficient (Wildman–Crippen LogP) is 12.6. The molecule has 7 aromatic rings. The van der Waals surface area contributed by atoms with E-state index in [2.05, 4.69) is 28.2 Å². The minimum Gasteiger partial charge on any atom is -0.499 e. The second kappa shape index (κ2) is 16.0. The zero-order valence-electron chi connectivity index (χ0n) is 42.5. The number of hydrogen-bond acceptors (Lipinski definition) is 4. The molecule has 0 spiro atoms. The fourth-order valence-electron chi connectivity index (χ4n) is 5.96. The number of furan rings is 1. The van der Waals surface area contributed by atoms with Gasteiger partial charge in [-0.3, -0.25) is 0 Å². The Morgan fingerprint density at radius 1 is 0.792 bits per heavy atom. The Balaban J connectivity index is 0.000000281. The largest absolute Gasteiger partial charge is 0.499 e. The van der Waals surface area contributed by atoms with Crippen LogP contribution in [0.3, 0.4) is 0 Å². The number of aromatic nitrogens is 2. The summed E-state index contributed by atoms with van der Waals surface area (Å²) in [6.07, 6.45) is 1.79. The molecule has 0 N–H and O–H groups in total. The molecule has 0 fully saturated rings. The average Bonchev–Trinajstić information content (AvgIpc) is 3.58. The van der Waals surface area contributed by atoms with Crippen LogP contribution in [-0.2, 0) is 32.9 Å². The average molecular weight is 886 g/mol. The maximum Gasteiger partial charge on any atom is 0.138 e. The van der Waals surface area contributed by atoms with Crippen LogP contribution in [0.5, 0.6) is 0 Å². The van der Waals surface area contributed by atoms with Gasteiger partial charge in [0, 0.05) is 53.0 Å². The fourth-order valence-corrected chi connectivity index (χ4v) is 5.96. The van der Waals surface area contributed by atoms with Gasteiger partial charge in [-0.25, -0.2) is 0 Å². The van der Waals surface area contributed by atoms with Crippen molar-refractivity contribution in [2.45, 2.75) is 74.9 Å². The van der Waals surface area contributed by atoms with E-state index in [9.17, 15) is 5.26 Å². The van der Waals surface area contributed by atoms with Crippen LogP contribution in [-0.4, -0.2) is 9.97 Å². The first-order valence-electron chi connectivity index (χ1n) is 22.9. The zero-order chi connectivity index (χ0) is 47.4. The Bertz CT molecular complexity index is 2880. The summed E-state index contributed by atoms with van der Waals surface area (Å²) in [5, 5.41) is 11.0. The van der Waals surface area contributed by atoms with E-state index in [0.717, 1.165) is 10.8 Å². The molecule has 0 bridgehead atoms. The van der Waals surface area contributed by atoms with E-state index in [1.165, 1.54) is 24.5 Å². The molecule has 0 amide bonds. The third-order valence-corrected chi connectivity index (χ3v) is 8.12. The monoisotopic (exact) mass is 886 g/mol. The molecule has 3 aromatic heterocycles. The molecule has 0 saturated heterocycles. The van der Waals surface area contributed by atoms with Crippen molar-refractivity contribution in [3.8, 4) is 39.7 Å². The van der Waals surface area contributed by atoms with Crippen molar-refractivity contribution < 1.29 is 41.0 Å². The van der Waals surface area contributed by atoms with Crippen LogP contribution < -0.4 is 0 Å². The predicted molar refractivity (Wildman–Crippen MR) is 215 cm³/mol. The van der Waals surface area contributed by atoms with Crippen LogP contribution in [0.2, 0.25) is 0 Å². The molecular weight excluding hydrogens is 827 g/mol. The molecule has 1 radical (unpaired) electrons. The number of hydrogen-bond donors (Lipinski definition) is 0. The van der Waals surface area contributed by atoms with E-state index in [1.54, 1.807) is 54.6 Å². The van der Waals surface area contributed by atoms with Gasteiger partial charge in [-0.15, -0.1) is 53.6 Å². The summed E-state index contributed by atoms with van der Waals surface area (Å²) in [5.74, 6) is 0. The van der Waals surface area contributed by atoms with Crippen LogP contribution in [0.1, 0.15) is 91.4 Å². The van der Waals surface area contributed by atoms with Crippen molar-refractivity contribution in [3.63, 3.8) is 0 Å². The second-order valence-electron chi connectivity index (χ2n) is 14.9. The van der Waals surface area contributed by atoms with Crippen molar-refractivity contribution in [1.82, 2.24) is 9.97 Å². The Labute approximate surface area is 345 Å². The summed E-state index contributed by atoms with van der Waals surface area (Å²) in [4.78, 5) is 8.74. The van der Waals surface area contributed by atoms with E-state index >= 15 is 0 Å². The van der Waals surface area contributed by atoms with Crippen LogP contribution in [0, 0.1) is 54.8 Å². The second-order valence-corrected chi connectivity index (χ2v) is 14.9. The molecule has 0 aliphatic carbocycles. The summed E-state index contributed by atoms with van der Waals surface area (Å²) in [5.41, 5.74) is 3.86. The minimum absolute atomic E-state index is 0. The van der Waals surface area contributed by atoms with Gasteiger partial charge in [0.05, 0.1) is 12.5 Å². The Hall–Kier alpha value is -4.88. The van der Waals surface area contributed by atoms with Gasteiger partial charge in [0.15, 0.2) is 0 Å². The van der Waals surface area contributed by atoms with Crippen LogP contribution >= 0.6 is 0 Å². The van der Waals surface area contributed by atoms with Gasteiger partial charge in [-0.05, 0) is 88.2 Å². The molecule has 4 nitrogen and oxygen atoms in total. The van der Waals surface area contributed by atoms with Crippen molar-refractivity contribution in [1.29, 1.82) is 5.26 Å². The fraction of sp³-hybridized carbons (Fsp3) is 0.271. The third kappa shape index (κ3) is 9.38. The molecule has 271 valence electrons. The summed E-state index contributed by atoms with van der Waals surface area (Å²) >= 11 is 0. The smallest absolute Gasteiger partial charge is 0.138 e. The normalized spacial score (nSPS) is 15.8. The van der Waals surface area contributed by atoms with Gasteiger partial charge in [0.2, 0.25) is 0 Å². The van der Waals surface area contributed by atoms with E-state index in [0.29, 0.717) is 56.8 Å². The zero-order valence-corrected chi connectivity index (χ0v) is 32.8. The molecule has 53 heavy (non-hydrogen) atoms. The number of nitriles is 1. The maximum absolute atomic E-state index is 9.57. The number of nitrogens with zero attached hydrogens (tertiary/aromatic N) is 3. The summed E-state index contributed by atoms with van der Waals surface area (Å²) in [6.45, 7) is 4.25. The van der Waals surface area contributed by atoms with Crippen LogP contribution in [0.15, 0.2) is 102 Å². The maximum atomic E-state index is 9.57. The standard InChI is InChI=1S/C31H27N2O.C17H20N.Ir/c1-19-14-21(16-31(3,4)5)12-13-23(19)27-15-28(33-18-20(27)2)26-11-7-10-25-24-9-6-8-22(17-32)29(24)34-30(25)26;1-13-5-8-15(9-6-13)16-10-7-14(12-18-16)11-17(2,3)4;/h6-10,12-15,18H,16H2,1-5H3;5-8,10,12H,11H2,1-4H3;/q2*-1;/i1D3,2D3,13D;1D3,11D2;. The molecule has 0 saturated carbocycles. The first-order chi connectivity index (χ1) is 29.5. The Morgan fingerprint density at radius 2 is 1.58 bits per heavy atom. The number of fused-ring (bicyclic) bond motifs is 3. The van der Waals surface area contributed by atoms with Crippen LogP contribution in [0.4, 0.5) is 0 Å². The summed E-state index contributed by atoms with van der Waals surface area (Å²) in [6, 6.07) is 29.7. The molecule has 0 atom stereocenters. The molecule has 0 aliphatic rings. The van der Waals surface area contributed by atoms with Crippen LogP contribution in [0.25, 0.3) is 55.6 Å². The van der Waals surface area contributed by atoms with Gasteiger partial charge >= 0.3 is 0 Å². The molecule has 7 rings (SSSR count). The van der Waals surface area contributed by atoms with Crippen molar-refractivity contribution in [3.05, 3.63) is 143 Å². The van der Waals surface area contributed by atoms with Crippen molar-refractivity contribution >= 4 is 21.9 Å². The summed E-state index contributed by atoms with van der Waals surface area (Å²) < 4.78 is 103. The van der Waals surface area contributed by atoms with E-state index in [1.807, 2.05) is 53.7 Å². The van der Waals surface area contributed by atoms with E-state index < -0.39 is 32.3 Å². The molecule has 3 heterocycles.